The summed E-state index contributed by atoms with van der Waals surface area (Å²) >= 11 is 11.8. The fourth-order valence-electron chi connectivity index (χ4n) is 2.71. The Morgan fingerprint density at radius 2 is 1.95 bits per heavy atom. The molecule has 0 spiro atoms. The highest BCUT2D eigenvalue weighted by atomic mass is 35.5. The van der Waals surface area contributed by atoms with E-state index in [1.54, 1.807) is 4.90 Å². The maximum absolute atomic E-state index is 12.0. The third-order valence-corrected chi connectivity index (χ3v) is 4.10. The fourth-order valence-corrected chi connectivity index (χ4v) is 3.03. The van der Waals surface area contributed by atoms with Crippen LogP contribution in [0.5, 0.6) is 0 Å². The number of benzene rings is 2. The zero-order valence-corrected chi connectivity index (χ0v) is 12.2. The maximum atomic E-state index is 12.0. The molecular formula is C16H13Cl2NO. The first-order valence-corrected chi connectivity index (χ1v) is 7.32. The molecule has 0 N–H and O–H groups in total. The van der Waals surface area contributed by atoms with Gasteiger partial charge < -0.3 is 4.90 Å². The highest BCUT2D eigenvalue weighted by Crippen LogP contribution is 2.41. The third-order valence-electron chi connectivity index (χ3n) is 3.64. The lowest BCUT2D eigenvalue weighted by Crippen LogP contribution is -2.30. The summed E-state index contributed by atoms with van der Waals surface area (Å²) in [5, 5.41) is 0.685. The van der Waals surface area contributed by atoms with E-state index in [0.717, 1.165) is 11.3 Å². The number of rotatable bonds is 2. The van der Waals surface area contributed by atoms with Crippen LogP contribution in [0.3, 0.4) is 0 Å². The molecule has 0 radical (unpaired) electrons. The van der Waals surface area contributed by atoms with E-state index in [9.17, 15) is 4.79 Å². The van der Waals surface area contributed by atoms with Gasteiger partial charge in [0.15, 0.2) is 0 Å². The Balaban J connectivity index is 2.08. The Morgan fingerprint density at radius 1 is 1.20 bits per heavy atom. The topological polar surface area (TPSA) is 20.3 Å². The number of hydrogen-bond acceptors (Lipinski definition) is 1. The van der Waals surface area contributed by atoms with Crippen molar-refractivity contribution in [3.05, 3.63) is 64.7 Å². The van der Waals surface area contributed by atoms with Crippen molar-refractivity contribution in [1.29, 1.82) is 0 Å². The number of carbonyl (C=O) groups excluding carboxylic acids is 1. The number of alkyl halides is 1. The van der Waals surface area contributed by atoms with E-state index in [-0.39, 0.29) is 17.7 Å². The van der Waals surface area contributed by atoms with Crippen LogP contribution in [-0.4, -0.2) is 18.3 Å². The molecule has 2 aromatic rings. The molecular weight excluding hydrogens is 293 g/mol. The van der Waals surface area contributed by atoms with Gasteiger partial charge in [-0.05, 0) is 29.3 Å². The first-order chi connectivity index (χ1) is 9.70. The molecule has 0 saturated heterocycles. The lowest BCUT2D eigenvalue weighted by Gasteiger charge is -2.16. The summed E-state index contributed by atoms with van der Waals surface area (Å²) in [4.78, 5) is 13.7. The van der Waals surface area contributed by atoms with Crippen molar-refractivity contribution >= 4 is 34.8 Å². The summed E-state index contributed by atoms with van der Waals surface area (Å²) in [5.74, 6) is 0.0644. The number of nitrogens with zero attached hydrogens (tertiary/aromatic N) is 1. The minimum atomic E-state index is -0.0753. The molecule has 0 fully saturated rings. The molecule has 1 atom stereocenters. The molecule has 0 saturated carbocycles. The van der Waals surface area contributed by atoms with Gasteiger partial charge in [-0.3, -0.25) is 4.79 Å². The van der Waals surface area contributed by atoms with Crippen molar-refractivity contribution in [2.45, 2.75) is 5.92 Å². The average molecular weight is 306 g/mol. The molecule has 2 nitrogen and oxygen atoms in total. The summed E-state index contributed by atoms with van der Waals surface area (Å²) in [6, 6.07) is 15.8. The van der Waals surface area contributed by atoms with Gasteiger partial charge in [0.1, 0.15) is 5.88 Å². The van der Waals surface area contributed by atoms with Gasteiger partial charge in [-0.2, -0.15) is 0 Å². The largest absolute Gasteiger partial charge is 0.310 e. The van der Waals surface area contributed by atoms with Gasteiger partial charge >= 0.3 is 0 Å². The van der Waals surface area contributed by atoms with E-state index in [4.69, 9.17) is 23.2 Å². The molecule has 0 aromatic heterocycles. The average Bonchev–Trinajstić information content (AvgIpc) is 2.86. The van der Waals surface area contributed by atoms with Gasteiger partial charge in [-0.1, -0.05) is 41.9 Å². The summed E-state index contributed by atoms with van der Waals surface area (Å²) in [6.45, 7) is 0.616. The van der Waals surface area contributed by atoms with Crippen LogP contribution in [0.15, 0.2) is 48.5 Å². The lowest BCUT2D eigenvalue weighted by atomic mass is 9.93. The summed E-state index contributed by atoms with van der Waals surface area (Å²) in [5.41, 5.74) is 3.18. The number of amides is 1. The zero-order chi connectivity index (χ0) is 14.1. The summed E-state index contributed by atoms with van der Waals surface area (Å²) in [7, 11) is 0. The number of halogens is 2. The first kappa shape index (κ1) is 13.5. The second kappa shape index (κ2) is 5.47. The number of hydrogen-bond donors (Lipinski definition) is 0. The normalized spacial score (nSPS) is 17.1. The zero-order valence-electron chi connectivity index (χ0n) is 10.7. The smallest absolute Gasteiger partial charge is 0.241 e. The van der Waals surface area contributed by atoms with Crippen molar-refractivity contribution in [1.82, 2.24) is 0 Å². The Bertz CT molecular complexity index is 642. The van der Waals surface area contributed by atoms with Gasteiger partial charge in [0.25, 0.3) is 0 Å². The molecule has 102 valence electrons. The second-order valence-corrected chi connectivity index (χ2v) is 5.51. The molecule has 20 heavy (non-hydrogen) atoms. The van der Waals surface area contributed by atoms with Crippen molar-refractivity contribution in [2.75, 3.05) is 17.3 Å². The van der Waals surface area contributed by atoms with Crippen LogP contribution in [0, 0.1) is 0 Å². The molecule has 0 aliphatic carbocycles. The molecule has 1 aliphatic heterocycles. The second-order valence-electron chi connectivity index (χ2n) is 4.80. The van der Waals surface area contributed by atoms with Gasteiger partial charge in [0.2, 0.25) is 5.91 Å². The predicted molar refractivity (Wildman–Crippen MR) is 82.8 cm³/mol. The van der Waals surface area contributed by atoms with E-state index >= 15 is 0 Å². The van der Waals surface area contributed by atoms with E-state index < -0.39 is 0 Å². The molecule has 1 heterocycles. The van der Waals surface area contributed by atoms with Crippen LogP contribution in [0.25, 0.3) is 0 Å². The minimum absolute atomic E-state index is 0.0103. The maximum Gasteiger partial charge on any atom is 0.241 e. The predicted octanol–water partition coefficient (Wildman–Crippen LogP) is 4.06. The Hall–Kier alpha value is -1.51. The molecule has 2 aromatic carbocycles. The number of fused-ring (bicyclic) bond motifs is 1. The SMILES string of the molecule is O=C(CCl)N1CC(c2ccccc2)c2cc(Cl)ccc21. The Labute approximate surface area is 127 Å². The lowest BCUT2D eigenvalue weighted by molar-refractivity contribution is -0.116. The van der Waals surface area contributed by atoms with Crippen LogP contribution >= 0.6 is 23.2 Å². The van der Waals surface area contributed by atoms with E-state index in [1.165, 1.54) is 5.56 Å². The van der Waals surface area contributed by atoms with Crippen LogP contribution in [-0.2, 0) is 4.79 Å². The van der Waals surface area contributed by atoms with Crippen molar-refractivity contribution in [2.24, 2.45) is 0 Å². The minimum Gasteiger partial charge on any atom is -0.310 e. The number of carbonyl (C=O) groups is 1. The van der Waals surface area contributed by atoms with E-state index in [0.29, 0.717) is 11.6 Å². The van der Waals surface area contributed by atoms with Crippen LogP contribution < -0.4 is 4.90 Å². The molecule has 1 aliphatic rings. The highest BCUT2D eigenvalue weighted by molar-refractivity contribution is 6.31. The number of anilines is 1. The Kier molecular flexibility index (Phi) is 3.68. The van der Waals surface area contributed by atoms with Gasteiger partial charge in [-0.25, -0.2) is 0 Å². The molecule has 4 heteroatoms. The summed E-state index contributed by atoms with van der Waals surface area (Å²) < 4.78 is 0. The van der Waals surface area contributed by atoms with E-state index in [1.807, 2.05) is 36.4 Å². The molecule has 1 unspecified atom stereocenters. The fraction of sp³-hybridized carbons (Fsp3) is 0.188. The molecule has 3 rings (SSSR count). The first-order valence-electron chi connectivity index (χ1n) is 6.41. The highest BCUT2D eigenvalue weighted by Gasteiger charge is 2.32. The van der Waals surface area contributed by atoms with Crippen LogP contribution in [0.4, 0.5) is 5.69 Å². The standard InChI is InChI=1S/C16H13Cl2NO/c17-9-16(20)19-10-14(11-4-2-1-3-5-11)13-8-12(18)6-7-15(13)19/h1-8,14H,9-10H2. The molecule has 0 bridgehead atoms. The summed E-state index contributed by atoms with van der Waals surface area (Å²) in [6.07, 6.45) is 0. The monoisotopic (exact) mass is 305 g/mol. The third kappa shape index (κ3) is 2.30. The quantitative estimate of drug-likeness (QED) is 0.766. The van der Waals surface area contributed by atoms with E-state index in [2.05, 4.69) is 12.1 Å². The van der Waals surface area contributed by atoms with Crippen molar-refractivity contribution in [3.8, 4) is 0 Å². The Morgan fingerprint density at radius 3 is 2.65 bits per heavy atom. The van der Waals surface area contributed by atoms with Gasteiger partial charge in [-0.15, -0.1) is 11.6 Å². The van der Waals surface area contributed by atoms with Crippen molar-refractivity contribution in [3.63, 3.8) is 0 Å². The molecule has 1 amide bonds. The van der Waals surface area contributed by atoms with Crippen LogP contribution in [0.1, 0.15) is 17.0 Å². The van der Waals surface area contributed by atoms with Crippen molar-refractivity contribution < 1.29 is 4.79 Å². The van der Waals surface area contributed by atoms with Gasteiger partial charge in [0.05, 0.1) is 0 Å². The van der Waals surface area contributed by atoms with Gasteiger partial charge in [0, 0.05) is 23.2 Å². The van der Waals surface area contributed by atoms with Crippen LogP contribution in [0.2, 0.25) is 5.02 Å².